The first-order chi connectivity index (χ1) is 14.4. The van der Waals surface area contributed by atoms with Crippen LogP contribution in [0.25, 0.3) is 5.52 Å². The molecule has 4 heterocycles. The molecule has 2 saturated heterocycles. The highest BCUT2D eigenvalue weighted by Crippen LogP contribution is 2.46. The second-order valence-corrected chi connectivity index (χ2v) is 6.78. The molecule has 2 fully saturated rings. The van der Waals surface area contributed by atoms with Crippen molar-refractivity contribution in [2.45, 2.75) is 37.8 Å². The van der Waals surface area contributed by atoms with E-state index in [0.717, 1.165) is 0 Å². The maximum Gasteiger partial charge on any atom is 0.509 e. The van der Waals surface area contributed by atoms with Crippen molar-refractivity contribution < 1.29 is 28.5 Å². The van der Waals surface area contributed by atoms with Crippen molar-refractivity contribution in [1.82, 2.24) is 19.5 Å². The molecule has 12 heteroatoms. The number of amides is 1. The van der Waals surface area contributed by atoms with Crippen molar-refractivity contribution in [3.63, 3.8) is 0 Å². The predicted octanol–water partition coefficient (Wildman–Crippen LogP) is 0.812. The molecule has 0 spiro atoms. The predicted molar refractivity (Wildman–Crippen MR) is 99.0 cm³/mol. The van der Waals surface area contributed by atoms with Crippen molar-refractivity contribution in [1.29, 1.82) is 5.26 Å². The fourth-order valence-corrected chi connectivity index (χ4v) is 3.77. The Morgan fingerprint density at radius 2 is 2.17 bits per heavy atom. The zero-order valence-electron chi connectivity index (χ0n) is 16.3. The summed E-state index contributed by atoms with van der Waals surface area (Å²) in [5, 5.41) is 14.2. The number of carbonyl (C=O) groups is 2. The van der Waals surface area contributed by atoms with Gasteiger partial charge in [0.25, 0.3) is 0 Å². The van der Waals surface area contributed by atoms with Crippen molar-refractivity contribution in [3.05, 3.63) is 24.2 Å². The van der Waals surface area contributed by atoms with Gasteiger partial charge in [0.15, 0.2) is 18.0 Å². The van der Waals surface area contributed by atoms with Crippen LogP contribution in [0, 0.1) is 11.3 Å². The number of nitrogens with zero attached hydrogens (tertiary/aromatic N) is 5. The Morgan fingerprint density at radius 3 is 2.87 bits per heavy atom. The number of nitrogen functional groups attached to an aromatic ring is 1. The molecule has 0 aromatic carbocycles. The second-order valence-electron chi connectivity index (χ2n) is 6.78. The average molecular weight is 416 g/mol. The number of hydrogen-bond donors (Lipinski definition) is 1. The van der Waals surface area contributed by atoms with Crippen molar-refractivity contribution >= 4 is 23.6 Å². The zero-order valence-corrected chi connectivity index (χ0v) is 16.3. The lowest BCUT2D eigenvalue weighted by atomic mass is 9.92. The molecule has 1 amide bonds. The van der Waals surface area contributed by atoms with E-state index in [4.69, 9.17) is 24.7 Å². The Kier molecular flexibility index (Phi) is 4.83. The Morgan fingerprint density at radius 1 is 1.40 bits per heavy atom. The first kappa shape index (κ1) is 19.7. The largest absolute Gasteiger partial charge is 0.509 e. The Bertz CT molecular complexity index is 1030. The smallest absolute Gasteiger partial charge is 0.446 e. The van der Waals surface area contributed by atoms with Crippen LogP contribution in [0.15, 0.2) is 18.5 Å². The zero-order chi connectivity index (χ0) is 21.5. The van der Waals surface area contributed by atoms with E-state index in [1.165, 1.54) is 15.7 Å². The standard InChI is InChI=1S/C18H20N6O6/c1-3-23(4-2)16(25)27-7-11-13-14(29-17(26)28-13)18(8-19,30-11)12-6-5-10-15(20)21-9-22-24(10)12/h5-6,9,11,13-14H,3-4,7H2,1-2H3,(H2,20,21,22)/t11-,13-,14-,18+/m1/s1. The third-order valence-electron chi connectivity index (χ3n) is 5.28. The number of fused-ring (bicyclic) bond motifs is 2. The fourth-order valence-electron chi connectivity index (χ4n) is 3.77. The second kappa shape index (κ2) is 7.34. The highest BCUT2D eigenvalue weighted by molar-refractivity contribution is 5.68. The van der Waals surface area contributed by atoms with Crippen LogP contribution in [0.3, 0.4) is 0 Å². The molecule has 2 aromatic rings. The minimum Gasteiger partial charge on any atom is -0.446 e. The van der Waals surface area contributed by atoms with Gasteiger partial charge in [-0.05, 0) is 26.0 Å². The highest BCUT2D eigenvalue weighted by Gasteiger charge is 2.65. The van der Waals surface area contributed by atoms with Gasteiger partial charge in [0.05, 0.1) is 5.69 Å². The number of hydrogen-bond acceptors (Lipinski definition) is 10. The van der Waals surface area contributed by atoms with E-state index in [-0.39, 0.29) is 12.4 Å². The summed E-state index contributed by atoms with van der Waals surface area (Å²) in [6.45, 7) is 4.38. The van der Waals surface area contributed by atoms with Gasteiger partial charge in [0.1, 0.15) is 30.6 Å². The first-order valence-electron chi connectivity index (χ1n) is 9.41. The van der Waals surface area contributed by atoms with E-state index in [1.54, 1.807) is 12.1 Å². The summed E-state index contributed by atoms with van der Waals surface area (Å²) in [6, 6.07) is 5.32. The van der Waals surface area contributed by atoms with Crippen LogP contribution in [-0.2, 0) is 24.5 Å². The van der Waals surface area contributed by atoms with E-state index < -0.39 is 36.2 Å². The van der Waals surface area contributed by atoms with Gasteiger partial charge in [0.2, 0.25) is 5.60 Å². The van der Waals surface area contributed by atoms with Crippen LogP contribution in [0.1, 0.15) is 19.5 Å². The number of rotatable bonds is 5. The number of nitrogens with two attached hydrogens (primary N) is 1. The van der Waals surface area contributed by atoms with E-state index in [2.05, 4.69) is 16.2 Å². The minimum absolute atomic E-state index is 0.211. The molecule has 12 nitrogen and oxygen atoms in total. The quantitative estimate of drug-likeness (QED) is 0.692. The Balaban J connectivity index is 1.67. The number of aromatic nitrogens is 3. The lowest BCUT2D eigenvalue weighted by molar-refractivity contribution is -0.0846. The van der Waals surface area contributed by atoms with E-state index >= 15 is 0 Å². The third kappa shape index (κ3) is 2.86. The summed E-state index contributed by atoms with van der Waals surface area (Å²) in [6.07, 6.45) is -3.15. The maximum absolute atomic E-state index is 12.2. The van der Waals surface area contributed by atoms with Gasteiger partial charge >= 0.3 is 12.2 Å². The van der Waals surface area contributed by atoms with Gasteiger partial charge in [-0.3, -0.25) is 0 Å². The molecule has 2 aliphatic heterocycles. The molecule has 30 heavy (non-hydrogen) atoms. The molecule has 0 saturated carbocycles. The summed E-state index contributed by atoms with van der Waals surface area (Å²) >= 11 is 0. The van der Waals surface area contributed by atoms with Gasteiger partial charge in [-0.25, -0.2) is 19.1 Å². The van der Waals surface area contributed by atoms with Crippen LogP contribution in [-0.4, -0.2) is 69.8 Å². The topological polar surface area (TPSA) is 154 Å². The highest BCUT2D eigenvalue weighted by atomic mass is 16.8. The number of carbonyl (C=O) groups excluding carboxylic acids is 2. The lowest BCUT2D eigenvalue weighted by Gasteiger charge is -2.25. The van der Waals surface area contributed by atoms with E-state index in [1.807, 2.05) is 13.8 Å². The molecule has 0 radical (unpaired) electrons. The van der Waals surface area contributed by atoms with Crippen molar-refractivity contribution in [2.24, 2.45) is 0 Å². The fraction of sp³-hybridized carbons (Fsp3) is 0.500. The maximum atomic E-state index is 12.2. The molecular formula is C18H20N6O6. The molecule has 2 N–H and O–H groups in total. The normalized spacial score (nSPS) is 27.2. The first-order valence-corrected chi connectivity index (χ1v) is 9.41. The average Bonchev–Trinajstić information content (AvgIpc) is 3.41. The SMILES string of the molecule is CCN(CC)C(=O)OC[C@H]1O[C@@](C#N)(c2ccc3c(N)ncnn23)[C@@H]2OC(=O)O[C@@H]21. The monoisotopic (exact) mass is 416 g/mol. The Hall–Kier alpha value is -3.59. The molecule has 158 valence electrons. The van der Waals surface area contributed by atoms with Gasteiger partial charge < -0.3 is 29.6 Å². The lowest BCUT2D eigenvalue weighted by Crippen LogP contribution is -2.39. The molecule has 0 bridgehead atoms. The van der Waals surface area contributed by atoms with Crippen molar-refractivity contribution in [2.75, 3.05) is 25.4 Å². The summed E-state index contributed by atoms with van der Waals surface area (Å²) in [5.74, 6) is 0.211. The van der Waals surface area contributed by atoms with Gasteiger partial charge in [-0.15, -0.1) is 0 Å². The summed E-state index contributed by atoms with van der Waals surface area (Å²) in [7, 11) is 0. The molecule has 4 rings (SSSR count). The number of anilines is 1. The molecule has 2 aromatic heterocycles. The van der Waals surface area contributed by atoms with Crippen LogP contribution >= 0.6 is 0 Å². The van der Waals surface area contributed by atoms with Gasteiger partial charge in [-0.2, -0.15) is 10.4 Å². The van der Waals surface area contributed by atoms with Crippen molar-refractivity contribution in [3.8, 4) is 6.07 Å². The minimum atomic E-state index is -1.74. The molecular weight excluding hydrogens is 396 g/mol. The third-order valence-corrected chi connectivity index (χ3v) is 5.28. The van der Waals surface area contributed by atoms with Crippen LogP contribution < -0.4 is 5.73 Å². The molecule has 4 atom stereocenters. The molecule has 2 aliphatic rings. The van der Waals surface area contributed by atoms with Crippen LogP contribution in [0.2, 0.25) is 0 Å². The van der Waals surface area contributed by atoms with Crippen LogP contribution in [0.5, 0.6) is 0 Å². The Labute approximate surface area is 171 Å². The van der Waals surface area contributed by atoms with Gasteiger partial charge in [-0.1, -0.05) is 0 Å². The summed E-state index contributed by atoms with van der Waals surface area (Å²) in [4.78, 5) is 29.5. The molecule has 0 aliphatic carbocycles. The van der Waals surface area contributed by atoms with Crippen LogP contribution in [0.4, 0.5) is 15.4 Å². The van der Waals surface area contributed by atoms with E-state index in [0.29, 0.717) is 24.3 Å². The van der Waals surface area contributed by atoms with E-state index in [9.17, 15) is 14.9 Å². The van der Waals surface area contributed by atoms with Gasteiger partial charge in [0, 0.05) is 13.1 Å². The summed E-state index contributed by atoms with van der Waals surface area (Å²) < 4.78 is 23.3. The number of ether oxygens (including phenoxy) is 4. The molecule has 0 unspecified atom stereocenters. The number of nitriles is 1. The summed E-state index contributed by atoms with van der Waals surface area (Å²) in [5.41, 5.74) is 4.89.